The van der Waals surface area contributed by atoms with E-state index in [2.05, 4.69) is 21.3 Å². The van der Waals surface area contributed by atoms with Crippen LogP contribution in [0.3, 0.4) is 0 Å². The first-order valence-electron chi connectivity index (χ1n) is 4.83. The lowest BCUT2D eigenvalue weighted by Gasteiger charge is -2.15. The molecule has 1 heterocycles. The molecule has 1 aromatic carbocycles. The van der Waals surface area contributed by atoms with Crippen molar-refractivity contribution in [3.05, 3.63) is 50.6 Å². The number of hydrogen-bond donors (Lipinski definition) is 1. The van der Waals surface area contributed by atoms with Gasteiger partial charge in [-0.15, -0.1) is 0 Å². The quantitative estimate of drug-likeness (QED) is 0.940. The van der Waals surface area contributed by atoms with Crippen molar-refractivity contribution >= 4 is 27.3 Å². The van der Waals surface area contributed by atoms with Crippen LogP contribution >= 0.6 is 27.3 Å². The fourth-order valence-electron chi connectivity index (χ4n) is 1.57. The minimum atomic E-state index is -0.130. The zero-order valence-corrected chi connectivity index (χ0v) is 11.2. The van der Waals surface area contributed by atoms with E-state index in [1.165, 1.54) is 0 Å². The van der Waals surface area contributed by atoms with Gasteiger partial charge in [0.25, 0.3) is 0 Å². The van der Waals surface area contributed by atoms with Gasteiger partial charge in [-0.05, 0) is 34.5 Å². The molecule has 2 N–H and O–H groups in total. The number of halogens is 1. The SMILES string of the molecule is COc1cc(Br)ccc1C(N)c1ccsc1. The van der Waals surface area contributed by atoms with Gasteiger partial charge in [0, 0.05) is 10.0 Å². The van der Waals surface area contributed by atoms with E-state index in [1.54, 1.807) is 18.4 Å². The molecule has 1 aromatic heterocycles. The van der Waals surface area contributed by atoms with Gasteiger partial charge >= 0.3 is 0 Å². The Bertz CT molecular complexity index is 470. The molecule has 0 spiro atoms. The number of benzene rings is 1. The van der Waals surface area contributed by atoms with E-state index < -0.39 is 0 Å². The maximum absolute atomic E-state index is 6.20. The highest BCUT2D eigenvalue weighted by molar-refractivity contribution is 9.10. The second kappa shape index (κ2) is 4.99. The zero-order chi connectivity index (χ0) is 11.5. The summed E-state index contributed by atoms with van der Waals surface area (Å²) in [5.74, 6) is 0.813. The summed E-state index contributed by atoms with van der Waals surface area (Å²) in [5.41, 5.74) is 8.32. The van der Waals surface area contributed by atoms with Crippen molar-refractivity contribution in [3.8, 4) is 5.75 Å². The predicted octanol–water partition coefficient (Wildman–Crippen LogP) is 3.57. The largest absolute Gasteiger partial charge is 0.496 e. The predicted molar refractivity (Wildman–Crippen MR) is 71.0 cm³/mol. The fourth-order valence-corrected chi connectivity index (χ4v) is 2.61. The molecule has 0 saturated heterocycles. The van der Waals surface area contributed by atoms with Gasteiger partial charge in [-0.1, -0.05) is 22.0 Å². The standard InChI is InChI=1S/C12H12BrNOS/c1-15-11-6-9(13)2-3-10(11)12(14)8-4-5-16-7-8/h2-7,12H,14H2,1H3. The van der Waals surface area contributed by atoms with Crippen molar-refractivity contribution in [1.82, 2.24) is 0 Å². The molecule has 1 atom stereocenters. The van der Waals surface area contributed by atoms with Crippen molar-refractivity contribution < 1.29 is 4.74 Å². The van der Waals surface area contributed by atoms with Gasteiger partial charge in [0.05, 0.1) is 13.2 Å². The number of rotatable bonds is 3. The van der Waals surface area contributed by atoms with Crippen LogP contribution in [0, 0.1) is 0 Å². The molecular formula is C12H12BrNOS. The monoisotopic (exact) mass is 297 g/mol. The minimum Gasteiger partial charge on any atom is -0.496 e. The Hall–Kier alpha value is -0.840. The van der Waals surface area contributed by atoms with E-state index >= 15 is 0 Å². The van der Waals surface area contributed by atoms with Crippen LogP contribution in [0.4, 0.5) is 0 Å². The second-order valence-electron chi connectivity index (χ2n) is 3.42. The first-order valence-corrected chi connectivity index (χ1v) is 6.57. The average Bonchev–Trinajstić information content (AvgIpc) is 2.81. The number of thiophene rings is 1. The highest BCUT2D eigenvalue weighted by Crippen LogP contribution is 2.31. The third-order valence-electron chi connectivity index (χ3n) is 2.43. The Labute approximate surface area is 107 Å². The molecule has 16 heavy (non-hydrogen) atoms. The fraction of sp³-hybridized carbons (Fsp3) is 0.167. The molecule has 0 aliphatic carbocycles. The molecule has 4 heteroatoms. The lowest BCUT2D eigenvalue weighted by atomic mass is 10.0. The maximum atomic E-state index is 6.20. The second-order valence-corrected chi connectivity index (χ2v) is 5.12. The Morgan fingerprint density at radius 1 is 1.38 bits per heavy atom. The average molecular weight is 298 g/mol. The lowest BCUT2D eigenvalue weighted by Crippen LogP contribution is -2.12. The maximum Gasteiger partial charge on any atom is 0.125 e. The van der Waals surface area contributed by atoms with Crippen molar-refractivity contribution in [2.75, 3.05) is 7.11 Å². The summed E-state index contributed by atoms with van der Waals surface area (Å²) in [6.07, 6.45) is 0. The van der Waals surface area contributed by atoms with Crippen molar-refractivity contribution in [2.45, 2.75) is 6.04 Å². The number of methoxy groups -OCH3 is 1. The van der Waals surface area contributed by atoms with Crippen LogP contribution in [0.5, 0.6) is 5.75 Å². The normalized spacial score (nSPS) is 12.4. The van der Waals surface area contributed by atoms with Crippen LogP contribution in [-0.4, -0.2) is 7.11 Å². The van der Waals surface area contributed by atoms with E-state index in [0.29, 0.717) is 0 Å². The molecule has 1 unspecified atom stereocenters. The lowest BCUT2D eigenvalue weighted by molar-refractivity contribution is 0.407. The Kier molecular flexibility index (Phi) is 3.63. The summed E-state index contributed by atoms with van der Waals surface area (Å²) in [6.45, 7) is 0. The van der Waals surface area contributed by atoms with Gasteiger partial charge in [-0.25, -0.2) is 0 Å². The van der Waals surface area contributed by atoms with Crippen molar-refractivity contribution in [2.24, 2.45) is 5.73 Å². The Morgan fingerprint density at radius 3 is 2.81 bits per heavy atom. The molecule has 0 aliphatic rings. The van der Waals surface area contributed by atoms with Crippen LogP contribution in [0.25, 0.3) is 0 Å². The number of nitrogens with two attached hydrogens (primary N) is 1. The molecule has 0 aliphatic heterocycles. The molecule has 2 aromatic rings. The molecule has 0 bridgehead atoms. The molecular weight excluding hydrogens is 286 g/mol. The van der Waals surface area contributed by atoms with Crippen molar-refractivity contribution in [3.63, 3.8) is 0 Å². The van der Waals surface area contributed by atoms with Crippen molar-refractivity contribution in [1.29, 1.82) is 0 Å². The Balaban J connectivity index is 2.40. The summed E-state index contributed by atoms with van der Waals surface area (Å²) < 4.78 is 6.33. The summed E-state index contributed by atoms with van der Waals surface area (Å²) in [6, 6.07) is 7.81. The van der Waals surface area contributed by atoms with E-state index in [9.17, 15) is 0 Å². The van der Waals surface area contributed by atoms with Crippen LogP contribution in [0.15, 0.2) is 39.5 Å². The molecule has 2 rings (SSSR count). The third kappa shape index (κ3) is 2.29. The van der Waals surface area contributed by atoms with Gasteiger partial charge < -0.3 is 10.5 Å². The van der Waals surface area contributed by atoms with Gasteiger partial charge in [0.1, 0.15) is 5.75 Å². The van der Waals surface area contributed by atoms with Gasteiger partial charge in [0.2, 0.25) is 0 Å². The van der Waals surface area contributed by atoms with Crippen LogP contribution < -0.4 is 10.5 Å². The Morgan fingerprint density at radius 2 is 2.19 bits per heavy atom. The van der Waals surface area contributed by atoms with Gasteiger partial charge in [-0.3, -0.25) is 0 Å². The summed E-state index contributed by atoms with van der Waals surface area (Å²) in [5, 5.41) is 4.09. The smallest absolute Gasteiger partial charge is 0.125 e. The number of hydrogen-bond acceptors (Lipinski definition) is 3. The molecule has 0 saturated carbocycles. The van der Waals surface area contributed by atoms with Crippen LogP contribution in [-0.2, 0) is 0 Å². The van der Waals surface area contributed by atoms with E-state index in [0.717, 1.165) is 21.3 Å². The zero-order valence-electron chi connectivity index (χ0n) is 8.81. The molecule has 2 nitrogen and oxygen atoms in total. The van der Waals surface area contributed by atoms with E-state index in [1.807, 2.05) is 29.6 Å². The molecule has 84 valence electrons. The van der Waals surface area contributed by atoms with Crippen LogP contribution in [0.2, 0.25) is 0 Å². The molecule has 0 radical (unpaired) electrons. The van der Waals surface area contributed by atoms with Crippen LogP contribution in [0.1, 0.15) is 17.2 Å². The highest BCUT2D eigenvalue weighted by atomic mass is 79.9. The van der Waals surface area contributed by atoms with E-state index in [-0.39, 0.29) is 6.04 Å². The summed E-state index contributed by atoms with van der Waals surface area (Å²) >= 11 is 5.07. The highest BCUT2D eigenvalue weighted by Gasteiger charge is 2.14. The minimum absolute atomic E-state index is 0.130. The van der Waals surface area contributed by atoms with Gasteiger partial charge in [0.15, 0.2) is 0 Å². The topological polar surface area (TPSA) is 35.2 Å². The first kappa shape index (κ1) is 11.6. The summed E-state index contributed by atoms with van der Waals surface area (Å²) in [7, 11) is 1.66. The third-order valence-corrected chi connectivity index (χ3v) is 3.63. The first-order chi connectivity index (χ1) is 7.72. The summed E-state index contributed by atoms with van der Waals surface area (Å²) in [4.78, 5) is 0. The van der Waals surface area contributed by atoms with E-state index in [4.69, 9.17) is 10.5 Å². The number of ether oxygens (including phenoxy) is 1. The van der Waals surface area contributed by atoms with Gasteiger partial charge in [-0.2, -0.15) is 11.3 Å². The molecule has 0 amide bonds. The molecule has 0 fully saturated rings.